The molecule has 2 atom stereocenters. The summed E-state index contributed by atoms with van der Waals surface area (Å²) in [4.78, 5) is 14.7. The van der Waals surface area contributed by atoms with E-state index in [0.717, 1.165) is 5.56 Å². The van der Waals surface area contributed by atoms with Crippen molar-refractivity contribution < 1.29 is 24.1 Å². The van der Waals surface area contributed by atoms with Gasteiger partial charge in [0.05, 0.1) is 42.7 Å². The van der Waals surface area contributed by atoms with Crippen molar-refractivity contribution in [2.45, 2.75) is 31.9 Å². The first-order valence-corrected chi connectivity index (χ1v) is 11.8. The molecule has 172 valence electrons. The number of hydrogen-bond acceptors (Lipinski definition) is 7. The summed E-state index contributed by atoms with van der Waals surface area (Å²) in [6.07, 6.45) is 0.0728. The van der Waals surface area contributed by atoms with Gasteiger partial charge in [0.2, 0.25) is 5.91 Å². The first-order valence-electron chi connectivity index (χ1n) is 10.8. The van der Waals surface area contributed by atoms with Gasteiger partial charge in [-0.25, -0.2) is 0 Å². The molecule has 1 N–H and O–H groups in total. The Bertz CT molecular complexity index is 1120. The van der Waals surface area contributed by atoms with Gasteiger partial charge in [0.25, 0.3) is 0 Å². The van der Waals surface area contributed by atoms with Crippen molar-refractivity contribution >= 4 is 17.7 Å². The third kappa shape index (κ3) is 4.03. The topological polar surface area (TPSA) is 92.0 Å². The molecule has 4 rings (SSSR count). The number of fused-ring (bicyclic) bond motifs is 1. The minimum absolute atomic E-state index is 0.0728. The number of aliphatic hydroxyl groups is 1. The predicted molar refractivity (Wildman–Crippen MR) is 125 cm³/mol. The van der Waals surface area contributed by atoms with Crippen molar-refractivity contribution in [2.24, 2.45) is 0 Å². The highest BCUT2D eigenvalue weighted by Gasteiger charge is 2.51. The second-order valence-electron chi connectivity index (χ2n) is 7.72. The van der Waals surface area contributed by atoms with Gasteiger partial charge in [0.1, 0.15) is 5.75 Å². The fraction of sp³-hybridized carbons (Fsp3) is 0.360. The van der Waals surface area contributed by atoms with Gasteiger partial charge >= 0.3 is 0 Å². The molecule has 2 aliphatic heterocycles. The van der Waals surface area contributed by atoms with Crippen molar-refractivity contribution in [3.05, 3.63) is 64.2 Å². The van der Waals surface area contributed by atoms with Gasteiger partial charge in [-0.2, -0.15) is 5.26 Å². The van der Waals surface area contributed by atoms with Crippen molar-refractivity contribution in [1.29, 1.82) is 5.26 Å². The number of rotatable bonds is 7. The Labute approximate surface area is 197 Å². The lowest BCUT2D eigenvalue weighted by atomic mass is 9.85. The average molecular weight is 467 g/mol. The lowest BCUT2D eigenvalue weighted by Gasteiger charge is -2.38. The van der Waals surface area contributed by atoms with Crippen LogP contribution in [-0.4, -0.2) is 42.0 Å². The van der Waals surface area contributed by atoms with Gasteiger partial charge in [-0.3, -0.25) is 9.69 Å². The summed E-state index contributed by atoms with van der Waals surface area (Å²) in [5.41, 5.74) is 0.322. The fourth-order valence-electron chi connectivity index (χ4n) is 4.28. The highest BCUT2D eigenvalue weighted by molar-refractivity contribution is 8.03. The Morgan fingerprint density at radius 1 is 1.15 bits per heavy atom. The number of allylic oxidation sites excluding steroid dienone is 1. The minimum atomic E-state index is -1.52. The zero-order valence-electron chi connectivity index (χ0n) is 18.8. The highest BCUT2D eigenvalue weighted by atomic mass is 32.2. The van der Waals surface area contributed by atoms with E-state index in [1.807, 2.05) is 26.0 Å². The van der Waals surface area contributed by atoms with Crippen molar-refractivity contribution in [1.82, 2.24) is 4.90 Å². The second-order valence-corrected chi connectivity index (χ2v) is 8.69. The normalized spacial score (nSPS) is 22.1. The van der Waals surface area contributed by atoms with Crippen LogP contribution in [0.2, 0.25) is 0 Å². The van der Waals surface area contributed by atoms with E-state index in [9.17, 15) is 15.2 Å². The van der Waals surface area contributed by atoms with Crippen molar-refractivity contribution in [2.75, 3.05) is 26.1 Å². The van der Waals surface area contributed by atoms with Crippen LogP contribution in [-0.2, 0) is 10.5 Å². The van der Waals surface area contributed by atoms with E-state index in [1.165, 1.54) is 16.7 Å². The number of amides is 1. The maximum Gasteiger partial charge on any atom is 0.231 e. The number of nitrogens with zero attached hydrogens (tertiary/aromatic N) is 2. The Kier molecular flexibility index (Phi) is 6.54. The molecule has 0 spiro atoms. The SMILES string of the molecule is CCOc1ccc([C@@]2(O)CSC3=C(C#N)[C@@H](c4ccc(OCC)c(OC)c4)CC(=O)N32)cc1. The molecule has 8 heteroatoms. The van der Waals surface area contributed by atoms with E-state index in [4.69, 9.17) is 14.2 Å². The Morgan fingerprint density at radius 2 is 1.88 bits per heavy atom. The van der Waals surface area contributed by atoms with E-state index in [1.54, 1.807) is 37.4 Å². The van der Waals surface area contributed by atoms with Crippen LogP contribution in [0.5, 0.6) is 17.2 Å². The number of carbonyl (C=O) groups is 1. The first-order chi connectivity index (χ1) is 16.0. The Hall–Kier alpha value is -3.15. The number of hydrogen-bond donors (Lipinski definition) is 1. The van der Waals surface area contributed by atoms with E-state index in [-0.39, 0.29) is 18.1 Å². The number of methoxy groups -OCH3 is 1. The van der Waals surface area contributed by atoms with Crippen LogP contribution in [0.25, 0.3) is 0 Å². The summed E-state index contributed by atoms with van der Waals surface area (Å²) in [6.45, 7) is 4.84. The van der Waals surface area contributed by atoms with Crippen LogP contribution in [0.1, 0.15) is 37.3 Å². The van der Waals surface area contributed by atoms with Gasteiger partial charge in [0, 0.05) is 17.9 Å². The largest absolute Gasteiger partial charge is 0.494 e. The number of thioether (sulfide) groups is 1. The van der Waals surface area contributed by atoms with Gasteiger partial charge < -0.3 is 19.3 Å². The fourth-order valence-corrected chi connectivity index (χ4v) is 5.64. The maximum absolute atomic E-state index is 13.3. The third-order valence-electron chi connectivity index (χ3n) is 5.83. The van der Waals surface area contributed by atoms with E-state index in [0.29, 0.717) is 46.6 Å². The molecule has 2 aromatic carbocycles. The minimum Gasteiger partial charge on any atom is -0.494 e. The van der Waals surface area contributed by atoms with Crippen LogP contribution in [0.15, 0.2) is 53.1 Å². The second kappa shape index (κ2) is 9.38. The molecule has 1 fully saturated rings. The average Bonchev–Trinajstić information content (AvgIpc) is 3.19. The molecule has 2 heterocycles. The summed E-state index contributed by atoms with van der Waals surface area (Å²) in [6, 6.07) is 14.8. The molecule has 1 saturated heterocycles. The molecule has 2 aromatic rings. The van der Waals surface area contributed by atoms with E-state index < -0.39 is 11.6 Å². The highest BCUT2D eigenvalue weighted by Crippen LogP contribution is 2.52. The summed E-state index contributed by atoms with van der Waals surface area (Å²) >= 11 is 1.32. The van der Waals surface area contributed by atoms with Crippen molar-refractivity contribution in [3.8, 4) is 23.3 Å². The molecule has 0 unspecified atom stereocenters. The molecule has 0 aromatic heterocycles. The molecule has 2 aliphatic rings. The molecule has 1 amide bonds. The van der Waals surface area contributed by atoms with Crippen LogP contribution in [0, 0.1) is 11.3 Å². The summed E-state index contributed by atoms with van der Waals surface area (Å²) in [5, 5.41) is 22.1. The lowest BCUT2D eigenvalue weighted by Crippen LogP contribution is -2.48. The Balaban J connectivity index is 1.72. The maximum atomic E-state index is 13.3. The monoisotopic (exact) mass is 466 g/mol. The molecule has 7 nitrogen and oxygen atoms in total. The standard InChI is InChI=1S/C25H26N2O5S/c1-4-31-18-9-7-17(8-10-18)25(29)15-33-24-20(14-26)19(13-23(28)27(24)25)16-6-11-21(32-5-2)22(12-16)30-3/h6-12,19,29H,4-5,13,15H2,1-3H3/t19-,25+/m1/s1. The zero-order chi connectivity index (χ0) is 23.6. The van der Waals surface area contributed by atoms with Gasteiger partial charge in [-0.1, -0.05) is 18.2 Å². The third-order valence-corrected chi connectivity index (χ3v) is 7.05. The van der Waals surface area contributed by atoms with Crippen LogP contribution in [0.3, 0.4) is 0 Å². The smallest absolute Gasteiger partial charge is 0.231 e. The molecule has 0 bridgehead atoms. The molecule has 0 saturated carbocycles. The number of nitriles is 1. The van der Waals surface area contributed by atoms with Gasteiger partial charge in [-0.15, -0.1) is 11.8 Å². The summed E-state index contributed by atoms with van der Waals surface area (Å²) in [5.74, 6) is 1.44. The van der Waals surface area contributed by atoms with Crippen molar-refractivity contribution in [3.63, 3.8) is 0 Å². The quantitative estimate of drug-likeness (QED) is 0.656. The zero-order valence-corrected chi connectivity index (χ0v) is 19.6. The van der Waals surface area contributed by atoms with Crippen LogP contribution in [0.4, 0.5) is 0 Å². The van der Waals surface area contributed by atoms with Gasteiger partial charge in [0.15, 0.2) is 17.2 Å². The van der Waals surface area contributed by atoms with Crippen LogP contribution >= 0.6 is 11.8 Å². The summed E-state index contributed by atoms with van der Waals surface area (Å²) < 4.78 is 16.5. The van der Waals surface area contributed by atoms with Gasteiger partial charge in [-0.05, 0) is 43.7 Å². The molecular weight excluding hydrogens is 440 g/mol. The molecular formula is C25H26N2O5S. The van der Waals surface area contributed by atoms with E-state index in [2.05, 4.69) is 6.07 Å². The molecule has 0 radical (unpaired) electrons. The first kappa shape index (κ1) is 23.0. The number of carbonyl (C=O) groups excluding carboxylic acids is 1. The van der Waals surface area contributed by atoms with E-state index >= 15 is 0 Å². The summed E-state index contributed by atoms with van der Waals surface area (Å²) in [7, 11) is 1.56. The number of benzene rings is 2. The van der Waals surface area contributed by atoms with Crippen LogP contribution < -0.4 is 14.2 Å². The molecule has 0 aliphatic carbocycles. The lowest BCUT2D eigenvalue weighted by molar-refractivity contribution is -0.149. The Morgan fingerprint density at radius 3 is 2.52 bits per heavy atom. The predicted octanol–water partition coefficient (Wildman–Crippen LogP) is 4.14. The molecule has 33 heavy (non-hydrogen) atoms. The number of ether oxygens (including phenoxy) is 3.